The molecule has 7 aromatic carbocycles. The standard InChI is InChI=1S/C48H28N6OS/c1-4-13-29(14-5-1)43-50-46(52-47(51-43)33-23-25-35-34-19-10-11-21-38(34)55-39(35)28-33)32-24-26-40-37(27-32)42-36(20-12-22-41(42)56-40)48-53-44(30-15-6-2-7-16-30)49-45(54-48)31-17-8-3-9-18-31/h1-28H. The molecule has 7 nitrogen and oxygen atoms in total. The molecule has 0 bridgehead atoms. The molecule has 8 heteroatoms. The maximum absolute atomic E-state index is 6.25. The first-order valence-corrected chi connectivity index (χ1v) is 19.1. The van der Waals surface area contributed by atoms with Crippen LogP contribution in [0.25, 0.3) is 110 Å². The van der Waals surface area contributed by atoms with Crippen LogP contribution in [0.4, 0.5) is 0 Å². The van der Waals surface area contributed by atoms with Crippen LogP contribution in [0, 0.1) is 0 Å². The minimum atomic E-state index is 0.569. The first-order chi connectivity index (χ1) is 27.7. The first kappa shape index (κ1) is 32.0. The summed E-state index contributed by atoms with van der Waals surface area (Å²) in [6.45, 7) is 0. The van der Waals surface area contributed by atoms with Crippen LogP contribution in [0.5, 0.6) is 0 Å². The van der Waals surface area contributed by atoms with Crippen molar-refractivity contribution in [3.05, 3.63) is 170 Å². The Hall–Kier alpha value is -7.42. The minimum absolute atomic E-state index is 0.569. The number of aromatic nitrogens is 6. The highest BCUT2D eigenvalue weighted by Crippen LogP contribution is 2.41. The topological polar surface area (TPSA) is 90.5 Å². The van der Waals surface area contributed by atoms with Gasteiger partial charge in [0, 0.05) is 64.3 Å². The van der Waals surface area contributed by atoms with E-state index in [0.717, 1.165) is 75.5 Å². The second kappa shape index (κ2) is 13.2. The van der Waals surface area contributed by atoms with Crippen molar-refractivity contribution in [2.45, 2.75) is 0 Å². The summed E-state index contributed by atoms with van der Waals surface area (Å²) in [4.78, 5) is 30.3. The van der Waals surface area contributed by atoms with Gasteiger partial charge < -0.3 is 4.42 Å². The smallest absolute Gasteiger partial charge is 0.164 e. The Bertz CT molecular complexity index is 3200. The van der Waals surface area contributed by atoms with Gasteiger partial charge in [0.1, 0.15) is 11.2 Å². The molecule has 0 saturated carbocycles. The summed E-state index contributed by atoms with van der Waals surface area (Å²) in [5.74, 6) is 3.60. The molecule has 0 unspecified atom stereocenters. The summed E-state index contributed by atoms with van der Waals surface area (Å²) in [5, 5.41) is 4.28. The van der Waals surface area contributed by atoms with Gasteiger partial charge in [-0.1, -0.05) is 127 Å². The third-order valence-corrected chi connectivity index (χ3v) is 11.1. The fraction of sp³-hybridized carbons (Fsp3) is 0. The number of nitrogens with zero attached hydrogens (tertiary/aromatic N) is 6. The summed E-state index contributed by atoms with van der Waals surface area (Å²) in [5.41, 5.74) is 7.06. The average Bonchev–Trinajstić information content (AvgIpc) is 3.85. The summed E-state index contributed by atoms with van der Waals surface area (Å²) in [6.07, 6.45) is 0. The van der Waals surface area contributed by atoms with Crippen LogP contribution in [0.15, 0.2) is 174 Å². The summed E-state index contributed by atoms with van der Waals surface area (Å²) in [6, 6.07) is 57.2. The third-order valence-electron chi connectivity index (χ3n) is 10.00. The lowest BCUT2D eigenvalue weighted by Crippen LogP contribution is -2.00. The number of fused-ring (bicyclic) bond motifs is 6. The zero-order valence-corrected chi connectivity index (χ0v) is 30.5. The van der Waals surface area contributed by atoms with Crippen molar-refractivity contribution in [2.24, 2.45) is 0 Å². The van der Waals surface area contributed by atoms with Gasteiger partial charge >= 0.3 is 0 Å². The molecule has 262 valence electrons. The molecule has 0 aliphatic heterocycles. The second-order valence-corrected chi connectivity index (χ2v) is 14.6. The lowest BCUT2D eigenvalue weighted by atomic mass is 10.0. The number of hydrogen-bond acceptors (Lipinski definition) is 8. The highest BCUT2D eigenvalue weighted by Gasteiger charge is 2.19. The predicted octanol–water partition coefficient (Wildman–Crippen LogP) is 12.3. The van der Waals surface area contributed by atoms with Crippen LogP contribution in [0.3, 0.4) is 0 Å². The Morgan fingerprint density at radius 2 is 0.821 bits per heavy atom. The molecular formula is C48H28N6OS. The zero-order chi connectivity index (χ0) is 37.0. The predicted molar refractivity (Wildman–Crippen MR) is 226 cm³/mol. The van der Waals surface area contributed by atoms with Crippen LogP contribution in [-0.4, -0.2) is 29.9 Å². The third kappa shape index (κ3) is 5.59. The van der Waals surface area contributed by atoms with Gasteiger partial charge in [-0.2, -0.15) is 0 Å². The van der Waals surface area contributed by atoms with E-state index >= 15 is 0 Å². The molecule has 4 heterocycles. The molecule has 11 rings (SSSR count). The molecular weight excluding hydrogens is 709 g/mol. The van der Waals surface area contributed by atoms with Gasteiger partial charge in [0.25, 0.3) is 0 Å². The van der Waals surface area contributed by atoms with E-state index in [1.165, 1.54) is 0 Å². The molecule has 0 saturated heterocycles. The molecule has 0 fully saturated rings. The summed E-state index contributed by atoms with van der Waals surface area (Å²) >= 11 is 1.74. The van der Waals surface area contributed by atoms with E-state index in [1.54, 1.807) is 11.3 Å². The molecule has 0 aliphatic carbocycles. The van der Waals surface area contributed by atoms with Gasteiger partial charge in [-0.15, -0.1) is 11.3 Å². The Morgan fingerprint density at radius 1 is 0.321 bits per heavy atom. The lowest BCUT2D eigenvalue weighted by molar-refractivity contribution is 0.669. The van der Waals surface area contributed by atoms with Crippen molar-refractivity contribution in [1.82, 2.24) is 29.9 Å². The maximum atomic E-state index is 6.25. The molecule has 0 amide bonds. The highest BCUT2D eigenvalue weighted by molar-refractivity contribution is 7.26. The zero-order valence-electron chi connectivity index (χ0n) is 29.7. The molecule has 0 radical (unpaired) electrons. The summed E-state index contributed by atoms with van der Waals surface area (Å²) < 4.78 is 8.53. The van der Waals surface area contributed by atoms with E-state index < -0.39 is 0 Å². The molecule has 0 atom stereocenters. The van der Waals surface area contributed by atoms with Crippen molar-refractivity contribution in [3.8, 4) is 68.3 Å². The fourth-order valence-corrected chi connectivity index (χ4v) is 8.41. The lowest BCUT2D eigenvalue weighted by Gasteiger charge is -2.10. The largest absolute Gasteiger partial charge is 0.456 e. The molecule has 0 spiro atoms. The quantitative estimate of drug-likeness (QED) is 0.168. The molecule has 11 aromatic rings. The maximum Gasteiger partial charge on any atom is 0.164 e. The Labute approximate surface area is 324 Å². The normalized spacial score (nSPS) is 11.6. The summed E-state index contributed by atoms with van der Waals surface area (Å²) in [7, 11) is 0. The van der Waals surface area contributed by atoms with E-state index in [4.69, 9.17) is 34.3 Å². The van der Waals surface area contributed by atoms with Crippen molar-refractivity contribution in [2.75, 3.05) is 0 Å². The number of rotatable bonds is 6. The van der Waals surface area contributed by atoms with Crippen molar-refractivity contribution in [1.29, 1.82) is 0 Å². The van der Waals surface area contributed by atoms with Gasteiger partial charge in [-0.3, -0.25) is 0 Å². The number of benzene rings is 7. The van der Waals surface area contributed by atoms with Gasteiger partial charge in [0.15, 0.2) is 34.9 Å². The minimum Gasteiger partial charge on any atom is -0.456 e. The highest BCUT2D eigenvalue weighted by atomic mass is 32.1. The average molecular weight is 737 g/mol. The number of thiophene rings is 1. The monoisotopic (exact) mass is 736 g/mol. The number of hydrogen-bond donors (Lipinski definition) is 0. The Kier molecular flexibility index (Phi) is 7.53. The van der Waals surface area contributed by atoms with E-state index in [-0.39, 0.29) is 0 Å². The van der Waals surface area contributed by atoms with Gasteiger partial charge in [0.05, 0.1) is 0 Å². The van der Waals surface area contributed by atoms with Crippen LogP contribution < -0.4 is 0 Å². The molecule has 0 aliphatic rings. The van der Waals surface area contributed by atoms with E-state index in [1.807, 2.05) is 115 Å². The van der Waals surface area contributed by atoms with Crippen LogP contribution in [0.2, 0.25) is 0 Å². The number of para-hydroxylation sites is 1. The Balaban J connectivity index is 1.09. The van der Waals surface area contributed by atoms with Gasteiger partial charge in [0.2, 0.25) is 0 Å². The van der Waals surface area contributed by atoms with Crippen molar-refractivity contribution in [3.63, 3.8) is 0 Å². The molecule has 4 aromatic heterocycles. The van der Waals surface area contributed by atoms with E-state index in [0.29, 0.717) is 34.9 Å². The fourth-order valence-electron chi connectivity index (χ4n) is 7.30. The first-order valence-electron chi connectivity index (χ1n) is 18.3. The van der Waals surface area contributed by atoms with E-state index in [2.05, 4.69) is 54.6 Å². The van der Waals surface area contributed by atoms with Crippen molar-refractivity contribution < 1.29 is 4.42 Å². The number of furan rings is 1. The van der Waals surface area contributed by atoms with Crippen LogP contribution in [0.1, 0.15) is 0 Å². The second-order valence-electron chi connectivity index (χ2n) is 13.5. The van der Waals surface area contributed by atoms with Crippen LogP contribution in [-0.2, 0) is 0 Å². The molecule has 56 heavy (non-hydrogen) atoms. The van der Waals surface area contributed by atoms with E-state index in [9.17, 15) is 0 Å². The SMILES string of the molecule is c1ccc(-c2nc(-c3ccc4c(c3)oc3ccccc34)nc(-c3ccc4sc5cccc(-c6nc(-c7ccccc7)nc(-c7ccccc7)n6)c5c4c3)n2)cc1. The van der Waals surface area contributed by atoms with Crippen LogP contribution >= 0.6 is 11.3 Å². The molecule has 0 N–H and O–H groups in total. The Morgan fingerprint density at radius 3 is 1.45 bits per heavy atom. The van der Waals surface area contributed by atoms with Gasteiger partial charge in [-0.25, -0.2) is 29.9 Å². The van der Waals surface area contributed by atoms with Crippen molar-refractivity contribution >= 4 is 53.4 Å². The van der Waals surface area contributed by atoms with Gasteiger partial charge in [-0.05, 0) is 42.5 Å².